The molecule has 4 nitrogen and oxygen atoms in total. The predicted molar refractivity (Wildman–Crippen MR) is 127 cm³/mol. The average molecular weight is 448 g/mol. The highest BCUT2D eigenvalue weighted by atomic mass is 35.5. The van der Waals surface area contributed by atoms with Crippen molar-refractivity contribution >= 4 is 45.1 Å². The van der Waals surface area contributed by atoms with Crippen LogP contribution in [0.15, 0.2) is 77.9 Å². The van der Waals surface area contributed by atoms with Gasteiger partial charge in [-0.15, -0.1) is 0 Å². The SMILES string of the molecule is Cc1ccc2c(c1)c1ncn(Cc3ccccc3Cl)c(=O)c1n2Cc1ccccc1Cl. The first kappa shape index (κ1) is 19.9. The van der Waals surface area contributed by atoms with Crippen LogP contribution < -0.4 is 5.56 Å². The van der Waals surface area contributed by atoms with Crippen LogP contribution in [0.2, 0.25) is 10.0 Å². The number of aryl methyl sites for hydroxylation is 1. The Morgan fingerprint density at radius 3 is 2.19 bits per heavy atom. The zero-order valence-corrected chi connectivity index (χ0v) is 18.4. The van der Waals surface area contributed by atoms with Crippen molar-refractivity contribution in [2.75, 3.05) is 0 Å². The van der Waals surface area contributed by atoms with Gasteiger partial charge in [0, 0.05) is 22.0 Å². The molecule has 0 amide bonds. The van der Waals surface area contributed by atoms with Gasteiger partial charge in [-0.05, 0) is 42.3 Å². The van der Waals surface area contributed by atoms with Crippen molar-refractivity contribution in [3.05, 3.63) is 110 Å². The van der Waals surface area contributed by atoms with E-state index in [9.17, 15) is 4.79 Å². The number of fused-ring (bicyclic) bond motifs is 3. The summed E-state index contributed by atoms with van der Waals surface area (Å²) in [6.07, 6.45) is 1.61. The lowest BCUT2D eigenvalue weighted by Gasteiger charge is -2.11. The largest absolute Gasteiger partial charge is 0.330 e. The highest BCUT2D eigenvalue weighted by molar-refractivity contribution is 6.31. The van der Waals surface area contributed by atoms with Crippen LogP contribution in [0.5, 0.6) is 0 Å². The smallest absolute Gasteiger partial charge is 0.278 e. The van der Waals surface area contributed by atoms with E-state index in [1.165, 1.54) is 0 Å². The number of nitrogens with zero attached hydrogens (tertiary/aromatic N) is 3. The summed E-state index contributed by atoms with van der Waals surface area (Å²) in [7, 11) is 0. The van der Waals surface area contributed by atoms with Crippen LogP contribution in [0.4, 0.5) is 0 Å². The van der Waals surface area contributed by atoms with Crippen molar-refractivity contribution in [2.45, 2.75) is 20.0 Å². The minimum atomic E-state index is -0.106. The van der Waals surface area contributed by atoms with Crippen molar-refractivity contribution in [2.24, 2.45) is 0 Å². The molecule has 0 bridgehead atoms. The van der Waals surface area contributed by atoms with Crippen LogP contribution in [-0.2, 0) is 13.1 Å². The van der Waals surface area contributed by atoms with Crippen molar-refractivity contribution in [3.63, 3.8) is 0 Å². The fraction of sp³-hybridized carbons (Fsp3) is 0.120. The molecule has 0 saturated carbocycles. The minimum absolute atomic E-state index is 0.106. The molecule has 5 rings (SSSR count). The Hall–Kier alpha value is -3.08. The number of aromatic nitrogens is 3. The Morgan fingerprint density at radius 1 is 0.871 bits per heavy atom. The molecule has 0 radical (unpaired) electrons. The Kier molecular flexibility index (Phi) is 5.05. The summed E-state index contributed by atoms with van der Waals surface area (Å²) in [4.78, 5) is 18.3. The monoisotopic (exact) mass is 447 g/mol. The lowest BCUT2D eigenvalue weighted by molar-refractivity contribution is 0.738. The zero-order chi connectivity index (χ0) is 21.5. The van der Waals surface area contributed by atoms with Gasteiger partial charge in [-0.25, -0.2) is 4.98 Å². The number of hydrogen-bond donors (Lipinski definition) is 0. The second-order valence-corrected chi connectivity index (χ2v) is 8.48. The topological polar surface area (TPSA) is 39.8 Å². The van der Waals surface area contributed by atoms with Gasteiger partial charge in [-0.1, -0.05) is 71.2 Å². The van der Waals surface area contributed by atoms with E-state index in [2.05, 4.69) is 11.1 Å². The maximum atomic E-state index is 13.6. The van der Waals surface area contributed by atoms with Crippen molar-refractivity contribution < 1.29 is 0 Å². The van der Waals surface area contributed by atoms with Gasteiger partial charge in [0.1, 0.15) is 11.0 Å². The first-order chi connectivity index (χ1) is 15.0. The molecule has 0 aliphatic rings. The van der Waals surface area contributed by atoms with Crippen molar-refractivity contribution in [1.29, 1.82) is 0 Å². The summed E-state index contributed by atoms with van der Waals surface area (Å²) in [5.41, 5.74) is 5.06. The molecule has 0 aliphatic heterocycles. The summed E-state index contributed by atoms with van der Waals surface area (Å²) in [6.45, 7) is 2.87. The maximum Gasteiger partial charge on any atom is 0.278 e. The molecule has 0 spiro atoms. The summed E-state index contributed by atoms with van der Waals surface area (Å²) in [6, 6.07) is 21.4. The number of rotatable bonds is 4. The lowest BCUT2D eigenvalue weighted by atomic mass is 10.1. The molecule has 5 aromatic rings. The van der Waals surface area contributed by atoms with E-state index in [-0.39, 0.29) is 5.56 Å². The van der Waals surface area contributed by atoms with Gasteiger partial charge in [0.2, 0.25) is 0 Å². The van der Waals surface area contributed by atoms with E-state index < -0.39 is 0 Å². The Labute approximate surface area is 189 Å². The fourth-order valence-electron chi connectivity index (χ4n) is 4.00. The van der Waals surface area contributed by atoms with Gasteiger partial charge >= 0.3 is 0 Å². The van der Waals surface area contributed by atoms with Crippen LogP contribution >= 0.6 is 23.2 Å². The summed E-state index contributed by atoms with van der Waals surface area (Å²) < 4.78 is 3.63. The van der Waals surface area contributed by atoms with Crippen LogP contribution in [0.3, 0.4) is 0 Å². The van der Waals surface area contributed by atoms with Crippen LogP contribution in [0, 0.1) is 6.92 Å². The molecule has 0 atom stereocenters. The molecular formula is C25H19Cl2N3O. The Balaban J connectivity index is 1.75. The Bertz CT molecular complexity index is 1500. The standard InChI is InChI=1S/C25H19Cl2N3O/c1-16-10-11-22-19(12-16)23-24(30(22)14-18-7-3-5-9-21(18)27)25(31)29(15-28-23)13-17-6-2-4-8-20(17)26/h2-12,15H,13-14H2,1H3. The average Bonchev–Trinajstić information content (AvgIpc) is 3.06. The molecule has 31 heavy (non-hydrogen) atoms. The third-order valence-corrected chi connectivity index (χ3v) is 6.30. The second kappa shape index (κ2) is 7.88. The number of hydrogen-bond acceptors (Lipinski definition) is 2. The molecule has 2 heterocycles. The molecule has 0 saturated heterocycles. The minimum Gasteiger partial charge on any atom is -0.330 e. The van der Waals surface area contributed by atoms with E-state index >= 15 is 0 Å². The van der Waals surface area contributed by atoms with E-state index in [0.29, 0.717) is 34.2 Å². The maximum absolute atomic E-state index is 13.6. The van der Waals surface area contributed by atoms with E-state index in [4.69, 9.17) is 23.2 Å². The summed E-state index contributed by atoms with van der Waals surface area (Å²) in [5, 5.41) is 2.26. The van der Waals surface area contributed by atoms with Gasteiger partial charge < -0.3 is 4.57 Å². The molecule has 0 aliphatic carbocycles. The van der Waals surface area contributed by atoms with Gasteiger partial charge in [-0.3, -0.25) is 9.36 Å². The van der Waals surface area contributed by atoms with E-state index in [1.54, 1.807) is 10.9 Å². The van der Waals surface area contributed by atoms with E-state index in [1.807, 2.05) is 72.2 Å². The quantitative estimate of drug-likeness (QED) is 0.335. The highest BCUT2D eigenvalue weighted by Gasteiger charge is 2.18. The zero-order valence-electron chi connectivity index (χ0n) is 16.8. The first-order valence-electron chi connectivity index (χ1n) is 9.98. The third-order valence-electron chi connectivity index (χ3n) is 5.57. The lowest BCUT2D eigenvalue weighted by Crippen LogP contribution is -2.23. The second-order valence-electron chi connectivity index (χ2n) is 7.66. The molecule has 0 N–H and O–H groups in total. The highest BCUT2D eigenvalue weighted by Crippen LogP contribution is 2.29. The molecule has 0 fully saturated rings. The molecule has 154 valence electrons. The molecule has 2 aromatic heterocycles. The van der Waals surface area contributed by atoms with Crippen LogP contribution in [0.1, 0.15) is 16.7 Å². The fourth-order valence-corrected chi connectivity index (χ4v) is 4.39. The van der Waals surface area contributed by atoms with Gasteiger partial charge in [0.15, 0.2) is 0 Å². The molecule has 3 aromatic carbocycles. The predicted octanol–water partition coefficient (Wildman–Crippen LogP) is 6.06. The Morgan fingerprint density at radius 2 is 1.52 bits per heavy atom. The van der Waals surface area contributed by atoms with Crippen LogP contribution in [-0.4, -0.2) is 14.1 Å². The van der Waals surface area contributed by atoms with Gasteiger partial charge in [0.25, 0.3) is 5.56 Å². The summed E-state index contributed by atoms with van der Waals surface area (Å²) in [5.74, 6) is 0. The van der Waals surface area contributed by atoms with E-state index in [0.717, 1.165) is 27.6 Å². The molecular weight excluding hydrogens is 429 g/mol. The van der Waals surface area contributed by atoms with Gasteiger partial charge in [0.05, 0.1) is 18.4 Å². The normalized spacial score (nSPS) is 11.5. The number of benzene rings is 3. The molecule has 6 heteroatoms. The molecule has 0 unspecified atom stereocenters. The van der Waals surface area contributed by atoms with Gasteiger partial charge in [-0.2, -0.15) is 0 Å². The summed E-state index contributed by atoms with van der Waals surface area (Å²) >= 11 is 12.8. The van der Waals surface area contributed by atoms with Crippen molar-refractivity contribution in [1.82, 2.24) is 14.1 Å². The van der Waals surface area contributed by atoms with Crippen molar-refractivity contribution in [3.8, 4) is 0 Å². The van der Waals surface area contributed by atoms with Crippen LogP contribution in [0.25, 0.3) is 21.9 Å². The first-order valence-corrected chi connectivity index (χ1v) is 10.7. The third kappa shape index (κ3) is 3.52. The number of halogens is 2.